The van der Waals surface area contributed by atoms with Gasteiger partial charge in [0.25, 0.3) is 0 Å². The number of hydrogen-bond acceptors (Lipinski definition) is 5. The number of hydrogen-bond donors (Lipinski definition) is 0. The van der Waals surface area contributed by atoms with Gasteiger partial charge in [-0.1, -0.05) is 69.3 Å². The van der Waals surface area contributed by atoms with Crippen molar-refractivity contribution >= 4 is 15.9 Å². The SMILES string of the molecule is CCCCOCC1OC(Br)[C@@H](OCCCC)[C@@H](OCCCC)[C@@H]1OCCCC. The van der Waals surface area contributed by atoms with Gasteiger partial charge in [-0.2, -0.15) is 0 Å². The first-order valence-corrected chi connectivity index (χ1v) is 12.3. The molecule has 168 valence electrons. The fourth-order valence-corrected chi connectivity index (χ4v) is 3.83. The van der Waals surface area contributed by atoms with E-state index in [4.69, 9.17) is 23.7 Å². The summed E-state index contributed by atoms with van der Waals surface area (Å²) in [5.41, 5.74) is 0. The fourth-order valence-electron chi connectivity index (χ4n) is 3.10. The molecule has 0 N–H and O–H groups in total. The Hall–Kier alpha value is 0.280. The van der Waals surface area contributed by atoms with Gasteiger partial charge in [0.05, 0.1) is 6.61 Å². The lowest BCUT2D eigenvalue weighted by atomic mass is 9.99. The van der Waals surface area contributed by atoms with Crippen molar-refractivity contribution in [1.82, 2.24) is 0 Å². The lowest BCUT2D eigenvalue weighted by molar-refractivity contribution is -0.246. The van der Waals surface area contributed by atoms with Crippen LogP contribution in [0, 0.1) is 0 Å². The van der Waals surface area contributed by atoms with Gasteiger partial charge in [-0.05, 0) is 25.7 Å². The Morgan fingerprint density at radius 1 is 0.643 bits per heavy atom. The first-order chi connectivity index (χ1) is 13.7. The van der Waals surface area contributed by atoms with Crippen LogP contribution >= 0.6 is 15.9 Å². The smallest absolute Gasteiger partial charge is 0.141 e. The number of ether oxygens (including phenoxy) is 5. The first-order valence-electron chi connectivity index (χ1n) is 11.4. The molecule has 1 saturated heterocycles. The number of alkyl halides is 1. The van der Waals surface area contributed by atoms with Crippen molar-refractivity contribution in [2.75, 3.05) is 33.0 Å². The number of halogens is 1. The molecule has 0 aromatic rings. The average Bonchev–Trinajstić information content (AvgIpc) is 2.69. The maximum atomic E-state index is 6.32. The molecule has 1 heterocycles. The molecule has 6 heteroatoms. The standard InChI is InChI=1S/C22H43BrO5/c1-5-9-13-24-17-18-19(25-14-10-6-2)20(26-15-11-7-3)21(22(23)28-18)27-16-12-8-4/h18-22H,5-17H2,1-4H3/t18?,19-,20+,21+,22?/m1/s1. The van der Waals surface area contributed by atoms with Crippen molar-refractivity contribution in [2.24, 2.45) is 0 Å². The van der Waals surface area contributed by atoms with E-state index in [1.54, 1.807) is 0 Å². The van der Waals surface area contributed by atoms with Crippen LogP contribution in [-0.4, -0.2) is 62.5 Å². The van der Waals surface area contributed by atoms with Gasteiger partial charge in [-0.25, -0.2) is 0 Å². The lowest BCUT2D eigenvalue weighted by Gasteiger charge is -2.44. The molecule has 1 fully saturated rings. The largest absolute Gasteiger partial charge is 0.379 e. The van der Waals surface area contributed by atoms with E-state index in [2.05, 4.69) is 43.6 Å². The van der Waals surface area contributed by atoms with E-state index in [-0.39, 0.29) is 29.4 Å². The van der Waals surface area contributed by atoms with Crippen LogP contribution in [0.15, 0.2) is 0 Å². The molecule has 2 unspecified atom stereocenters. The molecule has 0 bridgehead atoms. The highest BCUT2D eigenvalue weighted by molar-refractivity contribution is 9.09. The van der Waals surface area contributed by atoms with Crippen LogP contribution in [0.5, 0.6) is 0 Å². The van der Waals surface area contributed by atoms with Gasteiger partial charge in [0.2, 0.25) is 0 Å². The molecule has 0 aliphatic carbocycles. The Morgan fingerprint density at radius 3 is 1.64 bits per heavy atom. The average molecular weight is 467 g/mol. The van der Waals surface area contributed by atoms with E-state index in [0.717, 1.165) is 58.0 Å². The summed E-state index contributed by atoms with van der Waals surface area (Å²) in [4.78, 5) is 0. The molecular weight excluding hydrogens is 424 g/mol. The minimum absolute atomic E-state index is 0.154. The summed E-state index contributed by atoms with van der Waals surface area (Å²) in [6, 6.07) is 0. The third kappa shape index (κ3) is 9.86. The summed E-state index contributed by atoms with van der Waals surface area (Å²) in [6.07, 6.45) is 7.92. The summed E-state index contributed by atoms with van der Waals surface area (Å²) < 4.78 is 30.9. The highest BCUT2D eigenvalue weighted by atomic mass is 79.9. The summed E-state index contributed by atoms with van der Waals surface area (Å²) >= 11 is 3.69. The van der Waals surface area contributed by atoms with Gasteiger partial charge in [0.15, 0.2) is 0 Å². The Bertz CT molecular complexity index is 358. The molecule has 0 radical (unpaired) electrons. The molecule has 0 aromatic carbocycles. The second-order valence-corrected chi connectivity index (χ2v) is 8.42. The zero-order valence-corrected chi connectivity index (χ0v) is 20.1. The zero-order chi connectivity index (χ0) is 20.6. The van der Waals surface area contributed by atoms with Crippen LogP contribution < -0.4 is 0 Å². The van der Waals surface area contributed by atoms with E-state index in [0.29, 0.717) is 26.4 Å². The van der Waals surface area contributed by atoms with Crippen LogP contribution in [0.2, 0.25) is 0 Å². The molecule has 0 aromatic heterocycles. The van der Waals surface area contributed by atoms with E-state index in [1.165, 1.54) is 0 Å². The molecule has 0 spiro atoms. The van der Waals surface area contributed by atoms with E-state index in [1.807, 2.05) is 0 Å². The van der Waals surface area contributed by atoms with Gasteiger partial charge >= 0.3 is 0 Å². The maximum Gasteiger partial charge on any atom is 0.141 e. The number of rotatable bonds is 17. The van der Waals surface area contributed by atoms with Crippen LogP contribution in [0.25, 0.3) is 0 Å². The Labute approximate surface area is 181 Å². The van der Waals surface area contributed by atoms with Gasteiger partial charge in [-0.3, -0.25) is 0 Å². The Kier molecular flexibility index (Phi) is 16.0. The Morgan fingerprint density at radius 2 is 1.11 bits per heavy atom. The van der Waals surface area contributed by atoms with Crippen LogP contribution in [-0.2, 0) is 23.7 Å². The second kappa shape index (κ2) is 17.0. The van der Waals surface area contributed by atoms with Crippen molar-refractivity contribution in [2.45, 2.75) is 108 Å². The maximum absolute atomic E-state index is 6.32. The molecule has 1 aliphatic rings. The third-order valence-electron chi connectivity index (χ3n) is 4.93. The molecule has 0 amide bonds. The molecule has 0 saturated carbocycles. The lowest BCUT2D eigenvalue weighted by Crippen LogP contribution is -2.60. The van der Waals surface area contributed by atoms with Crippen molar-refractivity contribution < 1.29 is 23.7 Å². The van der Waals surface area contributed by atoms with Crippen LogP contribution in [0.4, 0.5) is 0 Å². The monoisotopic (exact) mass is 466 g/mol. The van der Waals surface area contributed by atoms with Gasteiger partial charge in [-0.15, -0.1) is 0 Å². The normalized spacial score (nSPS) is 28.0. The number of unbranched alkanes of at least 4 members (excludes halogenated alkanes) is 4. The van der Waals surface area contributed by atoms with Crippen LogP contribution in [0.1, 0.15) is 79.1 Å². The minimum atomic E-state index is -0.221. The van der Waals surface area contributed by atoms with Crippen LogP contribution in [0.3, 0.4) is 0 Å². The van der Waals surface area contributed by atoms with Gasteiger partial charge < -0.3 is 23.7 Å². The minimum Gasteiger partial charge on any atom is -0.379 e. The molecule has 5 atom stereocenters. The zero-order valence-electron chi connectivity index (χ0n) is 18.5. The van der Waals surface area contributed by atoms with Gasteiger partial charge in [0, 0.05) is 26.4 Å². The van der Waals surface area contributed by atoms with Crippen molar-refractivity contribution in [3.8, 4) is 0 Å². The highest BCUT2D eigenvalue weighted by Gasteiger charge is 2.47. The third-order valence-corrected chi connectivity index (χ3v) is 5.66. The molecule has 1 rings (SSSR count). The van der Waals surface area contributed by atoms with E-state index >= 15 is 0 Å². The summed E-state index contributed by atoms with van der Waals surface area (Å²) in [5, 5.41) is -0.221. The molecular formula is C22H43BrO5. The summed E-state index contributed by atoms with van der Waals surface area (Å²) in [5.74, 6) is 0. The molecule has 28 heavy (non-hydrogen) atoms. The van der Waals surface area contributed by atoms with Crippen molar-refractivity contribution in [3.63, 3.8) is 0 Å². The summed E-state index contributed by atoms with van der Waals surface area (Å²) in [6.45, 7) is 12.1. The predicted molar refractivity (Wildman–Crippen MR) is 117 cm³/mol. The summed E-state index contributed by atoms with van der Waals surface area (Å²) in [7, 11) is 0. The van der Waals surface area contributed by atoms with E-state index < -0.39 is 0 Å². The molecule has 5 nitrogen and oxygen atoms in total. The molecule has 1 aliphatic heterocycles. The Balaban J connectivity index is 2.84. The fraction of sp³-hybridized carbons (Fsp3) is 1.00. The second-order valence-electron chi connectivity index (χ2n) is 7.52. The first kappa shape index (κ1) is 26.3. The topological polar surface area (TPSA) is 46.2 Å². The van der Waals surface area contributed by atoms with E-state index in [9.17, 15) is 0 Å². The van der Waals surface area contributed by atoms with Crippen molar-refractivity contribution in [1.29, 1.82) is 0 Å². The van der Waals surface area contributed by atoms with Gasteiger partial charge in [0.1, 0.15) is 29.4 Å². The van der Waals surface area contributed by atoms with Crippen molar-refractivity contribution in [3.05, 3.63) is 0 Å². The quantitative estimate of drug-likeness (QED) is 0.209. The predicted octanol–water partition coefficient (Wildman–Crippen LogP) is 5.48. The highest BCUT2D eigenvalue weighted by Crippen LogP contribution is 2.32.